The lowest BCUT2D eigenvalue weighted by molar-refractivity contribution is -0.0880. The van der Waals surface area contributed by atoms with Crippen molar-refractivity contribution in [3.05, 3.63) is 34.4 Å². The first-order chi connectivity index (χ1) is 9.03. The normalized spacial score (nSPS) is 25.7. The Kier molecular flexibility index (Phi) is 3.77. The lowest BCUT2D eigenvalue weighted by Crippen LogP contribution is -2.33. The van der Waals surface area contributed by atoms with E-state index in [1.165, 1.54) is 16.7 Å². The molecular weight excluding hydrogens is 248 g/mol. The molecule has 1 aliphatic heterocycles. The minimum Gasteiger partial charge on any atom is -0.388 e. The number of benzene rings is 1. The molecule has 112 valence electrons. The number of rotatable bonds is 2. The molecule has 2 nitrogen and oxygen atoms in total. The van der Waals surface area contributed by atoms with Crippen LogP contribution in [0.4, 0.5) is 0 Å². The van der Waals surface area contributed by atoms with Gasteiger partial charge < -0.3 is 9.84 Å². The summed E-state index contributed by atoms with van der Waals surface area (Å²) in [5.74, 6) is 0.123. The van der Waals surface area contributed by atoms with Crippen molar-refractivity contribution in [2.45, 2.75) is 72.2 Å². The summed E-state index contributed by atoms with van der Waals surface area (Å²) in [6.07, 6.45) is 0.416. The summed E-state index contributed by atoms with van der Waals surface area (Å²) < 4.78 is 6.13. The summed E-state index contributed by atoms with van der Waals surface area (Å²) in [5, 5.41) is 10.9. The first-order valence-electron chi connectivity index (χ1n) is 7.49. The van der Waals surface area contributed by atoms with Crippen molar-refractivity contribution in [3.63, 3.8) is 0 Å². The van der Waals surface area contributed by atoms with Gasteiger partial charge in [-0.3, -0.25) is 0 Å². The van der Waals surface area contributed by atoms with Crippen LogP contribution in [-0.4, -0.2) is 16.3 Å². The molecule has 2 rings (SSSR count). The molecule has 0 saturated carbocycles. The van der Waals surface area contributed by atoms with Crippen LogP contribution in [0.2, 0.25) is 0 Å². The molecule has 1 fully saturated rings. The van der Waals surface area contributed by atoms with Gasteiger partial charge in [-0.15, -0.1) is 0 Å². The molecule has 1 aromatic rings. The standard InChI is InChI=1S/C18H28O2/c1-11-8-13(3)14(9-12(11)2)16(19)15-10-17(4,5)20-18(15,6)7/h8-9,15-16,19H,10H2,1-7H3. The van der Waals surface area contributed by atoms with Gasteiger partial charge in [0.25, 0.3) is 0 Å². The number of hydrogen-bond donors (Lipinski definition) is 1. The quantitative estimate of drug-likeness (QED) is 0.875. The Morgan fingerprint density at radius 2 is 1.60 bits per heavy atom. The minimum atomic E-state index is -0.467. The maximum Gasteiger partial charge on any atom is 0.0849 e. The van der Waals surface area contributed by atoms with Crippen molar-refractivity contribution in [1.82, 2.24) is 0 Å². The van der Waals surface area contributed by atoms with Gasteiger partial charge in [-0.1, -0.05) is 12.1 Å². The second-order valence-corrected chi connectivity index (χ2v) is 7.51. The number of aliphatic hydroxyl groups is 1. The molecule has 0 radical (unpaired) electrons. The van der Waals surface area contributed by atoms with E-state index in [1.807, 2.05) is 0 Å². The maximum atomic E-state index is 10.9. The van der Waals surface area contributed by atoms with Gasteiger partial charge in [0.05, 0.1) is 17.3 Å². The molecule has 2 unspecified atom stereocenters. The average molecular weight is 276 g/mol. The number of ether oxygens (including phenoxy) is 1. The molecule has 1 saturated heterocycles. The fraction of sp³-hybridized carbons (Fsp3) is 0.667. The van der Waals surface area contributed by atoms with E-state index in [-0.39, 0.29) is 17.1 Å². The van der Waals surface area contributed by atoms with E-state index < -0.39 is 6.10 Å². The molecule has 0 aliphatic carbocycles. The highest BCUT2D eigenvalue weighted by Crippen LogP contribution is 2.48. The first-order valence-corrected chi connectivity index (χ1v) is 7.49. The van der Waals surface area contributed by atoms with E-state index in [4.69, 9.17) is 4.74 Å². The summed E-state index contributed by atoms with van der Waals surface area (Å²) in [4.78, 5) is 0. The van der Waals surface area contributed by atoms with Crippen LogP contribution in [0.15, 0.2) is 12.1 Å². The van der Waals surface area contributed by atoms with E-state index in [2.05, 4.69) is 60.6 Å². The van der Waals surface area contributed by atoms with Gasteiger partial charge in [0.1, 0.15) is 0 Å². The highest BCUT2D eigenvalue weighted by atomic mass is 16.5. The molecule has 0 bridgehead atoms. The zero-order chi connectivity index (χ0) is 15.3. The fourth-order valence-electron chi connectivity index (χ4n) is 3.61. The van der Waals surface area contributed by atoms with Crippen molar-refractivity contribution >= 4 is 0 Å². The number of aryl methyl sites for hydroxylation is 3. The summed E-state index contributed by atoms with van der Waals surface area (Å²) in [6, 6.07) is 4.30. The van der Waals surface area contributed by atoms with E-state index in [0.29, 0.717) is 0 Å². The SMILES string of the molecule is Cc1cc(C)c(C(O)C2CC(C)(C)OC2(C)C)cc1C. The lowest BCUT2D eigenvalue weighted by Gasteiger charge is -2.31. The molecule has 1 aromatic carbocycles. The smallest absolute Gasteiger partial charge is 0.0849 e. The predicted octanol–water partition coefficient (Wildman–Crippen LogP) is 4.24. The Hall–Kier alpha value is -0.860. The van der Waals surface area contributed by atoms with Crippen LogP contribution in [0.25, 0.3) is 0 Å². The summed E-state index contributed by atoms with van der Waals surface area (Å²) in [6.45, 7) is 14.7. The Balaban J connectivity index is 2.37. The maximum absolute atomic E-state index is 10.9. The minimum absolute atomic E-state index is 0.123. The Bertz CT molecular complexity index is 514. The summed E-state index contributed by atoms with van der Waals surface area (Å²) in [7, 11) is 0. The fourth-order valence-corrected chi connectivity index (χ4v) is 3.61. The molecule has 2 heteroatoms. The number of aliphatic hydroxyl groups excluding tert-OH is 1. The average Bonchev–Trinajstić information content (AvgIpc) is 2.51. The van der Waals surface area contributed by atoms with Crippen LogP contribution in [-0.2, 0) is 4.74 Å². The summed E-state index contributed by atoms with van der Waals surface area (Å²) >= 11 is 0. The lowest BCUT2D eigenvalue weighted by atomic mass is 9.79. The third kappa shape index (κ3) is 2.77. The van der Waals surface area contributed by atoms with E-state index in [1.54, 1.807) is 0 Å². The van der Waals surface area contributed by atoms with Crippen LogP contribution in [0.3, 0.4) is 0 Å². The van der Waals surface area contributed by atoms with Crippen LogP contribution in [0.5, 0.6) is 0 Å². The monoisotopic (exact) mass is 276 g/mol. The molecule has 1 heterocycles. The van der Waals surface area contributed by atoms with Crippen molar-refractivity contribution in [2.75, 3.05) is 0 Å². The van der Waals surface area contributed by atoms with Crippen molar-refractivity contribution in [1.29, 1.82) is 0 Å². The highest BCUT2D eigenvalue weighted by Gasteiger charge is 2.49. The van der Waals surface area contributed by atoms with E-state index in [9.17, 15) is 5.11 Å². The zero-order valence-electron chi connectivity index (χ0n) is 13.9. The molecular formula is C18H28O2. The van der Waals surface area contributed by atoms with Gasteiger partial charge in [0.15, 0.2) is 0 Å². The molecule has 2 atom stereocenters. The Morgan fingerprint density at radius 1 is 1.05 bits per heavy atom. The molecule has 1 aliphatic rings. The third-order valence-corrected chi connectivity index (χ3v) is 4.73. The molecule has 1 N–H and O–H groups in total. The van der Waals surface area contributed by atoms with Gasteiger partial charge >= 0.3 is 0 Å². The molecule has 0 amide bonds. The Morgan fingerprint density at radius 3 is 2.10 bits per heavy atom. The topological polar surface area (TPSA) is 29.5 Å². The first kappa shape index (κ1) is 15.5. The van der Waals surface area contributed by atoms with E-state index in [0.717, 1.165) is 12.0 Å². The van der Waals surface area contributed by atoms with Crippen molar-refractivity contribution < 1.29 is 9.84 Å². The second-order valence-electron chi connectivity index (χ2n) is 7.51. The molecule has 0 aromatic heterocycles. The third-order valence-electron chi connectivity index (χ3n) is 4.73. The molecule has 0 spiro atoms. The van der Waals surface area contributed by atoms with Crippen LogP contribution in [0, 0.1) is 26.7 Å². The number of hydrogen-bond acceptors (Lipinski definition) is 2. The zero-order valence-corrected chi connectivity index (χ0v) is 13.9. The Labute approximate surface area is 123 Å². The van der Waals surface area contributed by atoms with Gasteiger partial charge in [-0.05, 0) is 77.1 Å². The van der Waals surface area contributed by atoms with Gasteiger partial charge in [-0.25, -0.2) is 0 Å². The molecule has 20 heavy (non-hydrogen) atoms. The van der Waals surface area contributed by atoms with Gasteiger partial charge in [0.2, 0.25) is 0 Å². The van der Waals surface area contributed by atoms with Gasteiger partial charge in [-0.2, -0.15) is 0 Å². The predicted molar refractivity (Wildman–Crippen MR) is 83.0 cm³/mol. The van der Waals surface area contributed by atoms with Crippen LogP contribution >= 0.6 is 0 Å². The summed E-state index contributed by atoms with van der Waals surface area (Å²) in [5.41, 5.74) is 4.27. The second kappa shape index (κ2) is 4.85. The van der Waals surface area contributed by atoms with Crippen molar-refractivity contribution in [2.24, 2.45) is 5.92 Å². The highest BCUT2D eigenvalue weighted by molar-refractivity contribution is 5.38. The van der Waals surface area contributed by atoms with Crippen molar-refractivity contribution in [3.8, 4) is 0 Å². The van der Waals surface area contributed by atoms with Crippen LogP contribution < -0.4 is 0 Å². The van der Waals surface area contributed by atoms with E-state index >= 15 is 0 Å². The largest absolute Gasteiger partial charge is 0.388 e. The van der Waals surface area contributed by atoms with Gasteiger partial charge in [0, 0.05) is 5.92 Å². The van der Waals surface area contributed by atoms with Crippen LogP contribution in [0.1, 0.15) is 62.5 Å².